The van der Waals surface area contributed by atoms with Gasteiger partial charge in [-0.25, -0.2) is 0 Å². The van der Waals surface area contributed by atoms with E-state index >= 15 is 0 Å². The number of halogens is 2. The van der Waals surface area contributed by atoms with E-state index in [0.717, 1.165) is 5.56 Å². The Balaban J connectivity index is 2.33. The Morgan fingerprint density at radius 1 is 1.06 bits per heavy atom. The van der Waals surface area contributed by atoms with Gasteiger partial charge in [-0.3, -0.25) is 0 Å². The second kappa shape index (κ2) is 5.55. The Kier molecular flexibility index (Phi) is 4.04. The Morgan fingerprint density at radius 3 is 2.33 bits per heavy atom. The van der Waals surface area contributed by atoms with Crippen LogP contribution in [0.5, 0.6) is 11.5 Å². The Bertz CT molecular complexity index is 537. The monoisotopic (exact) mass is 286 g/mol. The molecule has 96 valence electrons. The van der Waals surface area contributed by atoms with E-state index in [-0.39, 0.29) is 0 Å². The van der Waals surface area contributed by atoms with Crippen LogP contribution >= 0.6 is 23.2 Å². The predicted molar refractivity (Wildman–Crippen MR) is 71.0 cm³/mol. The molecule has 0 amide bonds. The summed E-state index contributed by atoms with van der Waals surface area (Å²) >= 11 is 12.0. The Labute approximate surface area is 115 Å². The van der Waals surface area contributed by atoms with Gasteiger partial charge in [0.05, 0.1) is 14.2 Å². The molecule has 0 bridgehead atoms. The highest BCUT2D eigenvalue weighted by atomic mass is 35.5. The summed E-state index contributed by atoms with van der Waals surface area (Å²) in [5, 5.41) is -0.103. The standard InChI is InChI=1S/C13H12Cl2O3/c1-16-9-4-3-8(7-11(9)17-2)13(15)10-5-6-12(14)18-10/h3-7,13H,1-2H3. The third-order valence-corrected chi connectivity index (χ3v) is 3.21. The molecule has 18 heavy (non-hydrogen) atoms. The minimum atomic E-state index is -0.419. The minimum absolute atomic E-state index is 0.316. The number of rotatable bonds is 4. The smallest absolute Gasteiger partial charge is 0.193 e. The van der Waals surface area contributed by atoms with Crippen LogP contribution in [0.15, 0.2) is 34.7 Å². The fraction of sp³-hybridized carbons (Fsp3) is 0.231. The van der Waals surface area contributed by atoms with Gasteiger partial charge in [0.25, 0.3) is 0 Å². The molecule has 1 atom stereocenters. The van der Waals surface area contributed by atoms with Gasteiger partial charge in [0.1, 0.15) is 11.1 Å². The van der Waals surface area contributed by atoms with Gasteiger partial charge in [-0.1, -0.05) is 6.07 Å². The molecule has 0 saturated heterocycles. The molecule has 0 saturated carbocycles. The molecule has 3 nitrogen and oxygen atoms in total. The van der Waals surface area contributed by atoms with E-state index in [0.29, 0.717) is 22.5 Å². The van der Waals surface area contributed by atoms with Crippen molar-refractivity contribution in [3.8, 4) is 11.5 Å². The molecule has 0 radical (unpaired) electrons. The zero-order valence-corrected chi connectivity index (χ0v) is 11.5. The minimum Gasteiger partial charge on any atom is -0.493 e. The normalized spacial score (nSPS) is 12.2. The lowest BCUT2D eigenvalue weighted by molar-refractivity contribution is 0.354. The van der Waals surface area contributed by atoms with Gasteiger partial charge in [0.15, 0.2) is 16.7 Å². The van der Waals surface area contributed by atoms with Crippen molar-refractivity contribution in [3.05, 3.63) is 46.9 Å². The van der Waals surface area contributed by atoms with Crippen LogP contribution in [-0.2, 0) is 0 Å². The zero-order valence-electron chi connectivity index (χ0n) is 9.94. The van der Waals surface area contributed by atoms with Crippen molar-refractivity contribution in [1.29, 1.82) is 0 Å². The van der Waals surface area contributed by atoms with Crippen molar-refractivity contribution in [2.45, 2.75) is 5.38 Å². The van der Waals surface area contributed by atoms with Crippen molar-refractivity contribution >= 4 is 23.2 Å². The molecule has 0 spiro atoms. The van der Waals surface area contributed by atoms with E-state index in [4.69, 9.17) is 37.1 Å². The molecular weight excluding hydrogens is 275 g/mol. The maximum atomic E-state index is 6.32. The van der Waals surface area contributed by atoms with Gasteiger partial charge in [0, 0.05) is 0 Å². The molecule has 1 aromatic heterocycles. The number of ether oxygens (including phenoxy) is 2. The fourth-order valence-electron chi connectivity index (χ4n) is 1.64. The Morgan fingerprint density at radius 2 is 1.78 bits per heavy atom. The van der Waals surface area contributed by atoms with Crippen molar-refractivity contribution in [2.24, 2.45) is 0 Å². The molecule has 1 unspecified atom stereocenters. The summed E-state index contributed by atoms with van der Waals surface area (Å²) in [6, 6.07) is 8.88. The number of hydrogen-bond donors (Lipinski definition) is 0. The van der Waals surface area contributed by atoms with E-state index in [9.17, 15) is 0 Å². The highest BCUT2D eigenvalue weighted by Gasteiger charge is 2.17. The van der Waals surface area contributed by atoms with E-state index in [1.54, 1.807) is 32.4 Å². The van der Waals surface area contributed by atoms with Crippen molar-refractivity contribution < 1.29 is 13.9 Å². The quantitative estimate of drug-likeness (QED) is 0.787. The number of methoxy groups -OCH3 is 2. The van der Waals surface area contributed by atoms with E-state index in [1.165, 1.54) is 0 Å². The molecule has 2 rings (SSSR count). The lowest BCUT2D eigenvalue weighted by Gasteiger charge is -2.11. The third-order valence-electron chi connectivity index (χ3n) is 2.54. The first kappa shape index (κ1) is 13.1. The second-order valence-electron chi connectivity index (χ2n) is 3.62. The summed E-state index contributed by atoms with van der Waals surface area (Å²) in [5.41, 5.74) is 0.848. The molecule has 0 aliphatic rings. The first-order chi connectivity index (χ1) is 8.65. The summed E-state index contributed by atoms with van der Waals surface area (Å²) in [6.07, 6.45) is 0. The number of alkyl halides is 1. The van der Waals surface area contributed by atoms with Gasteiger partial charge in [-0.2, -0.15) is 0 Å². The van der Waals surface area contributed by atoms with Crippen LogP contribution in [0.2, 0.25) is 5.22 Å². The number of hydrogen-bond acceptors (Lipinski definition) is 3. The van der Waals surface area contributed by atoms with E-state index in [1.807, 2.05) is 12.1 Å². The van der Waals surface area contributed by atoms with E-state index < -0.39 is 5.38 Å². The highest BCUT2D eigenvalue weighted by molar-refractivity contribution is 6.29. The SMILES string of the molecule is COc1ccc(C(Cl)c2ccc(Cl)o2)cc1OC. The van der Waals surface area contributed by atoms with Crippen molar-refractivity contribution in [2.75, 3.05) is 14.2 Å². The molecule has 0 N–H and O–H groups in total. The van der Waals surface area contributed by atoms with Crippen molar-refractivity contribution in [1.82, 2.24) is 0 Å². The van der Waals surface area contributed by atoms with Gasteiger partial charge in [0.2, 0.25) is 0 Å². The van der Waals surface area contributed by atoms with Gasteiger partial charge < -0.3 is 13.9 Å². The summed E-state index contributed by atoms with van der Waals surface area (Å²) in [6.45, 7) is 0. The summed E-state index contributed by atoms with van der Waals surface area (Å²) < 4.78 is 15.7. The molecule has 1 aromatic carbocycles. The lowest BCUT2D eigenvalue weighted by atomic mass is 10.1. The van der Waals surface area contributed by atoms with Gasteiger partial charge in [-0.05, 0) is 41.4 Å². The topological polar surface area (TPSA) is 31.6 Å². The average Bonchev–Trinajstić information content (AvgIpc) is 2.83. The number of benzene rings is 1. The first-order valence-corrected chi connectivity index (χ1v) is 6.08. The van der Waals surface area contributed by atoms with Gasteiger partial charge >= 0.3 is 0 Å². The summed E-state index contributed by atoms with van der Waals surface area (Å²) in [5.74, 6) is 1.87. The lowest BCUT2D eigenvalue weighted by Crippen LogP contribution is -1.95. The first-order valence-electron chi connectivity index (χ1n) is 5.27. The highest BCUT2D eigenvalue weighted by Crippen LogP contribution is 2.36. The van der Waals surface area contributed by atoms with E-state index in [2.05, 4.69) is 0 Å². The zero-order chi connectivity index (χ0) is 13.1. The fourth-order valence-corrected chi connectivity index (χ4v) is 2.04. The maximum absolute atomic E-state index is 6.32. The summed E-state index contributed by atoms with van der Waals surface area (Å²) in [4.78, 5) is 0. The summed E-state index contributed by atoms with van der Waals surface area (Å²) in [7, 11) is 3.16. The third kappa shape index (κ3) is 2.57. The molecule has 0 aliphatic heterocycles. The Hall–Kier alpha value is -1.32. The molecule has 0 fully saturated rings. The molecular formula is C13H12Cl2O3. The van der Waals surface area contributed by atoms with Crippen LogP contribution in [0, 0.1) is 0 Å². The number of furan rings is 1. The molecule has 2 aromatic rings. The predicted octanol–water partition coefficient (Wildman–Crippen LogP) is 4.28. The molecule has 0 aliphatic carbocycles. The second-order valence-corrected chi connectivity index (χ2v) is 4.43. The van der Waals surface area contributed by atoms with Crippen LogP contribution in [0.3, 0.4) is 0 Å². The van der Waals surface area contributed by atoms with Crippen molar-refractivity contribution in [3.63, 3.8) is 0 Å². The molecule has 1 heterocycles. The maximum Gasteiger partial charge on any atom is 0.193 e. The molecule has 5 heteroatoms. The van der Waals surface area contributed by atoms with Crippen LogP contribution < -0.4 is 9.47 Å². The van der Waals surface area contributed by atoms with Crippen LogP contribution in [0.1, 0.15) is 16.7 Å². The average molecular weight is 287 g/mol. The largest absolute Gasteiger partial charge is 0.493 e. The van der Waals surface area contributed by atoms with Gasteiger partial charge in [-0.15, -0.1) is 11.6 Å². The van der Waals surface area contributed by atoms with Crippen LogP contribution in [0.4, 0.5) is 0 Å². The van der Waals surface area contributed by atoms with Crippen LogP contribution in [0.25, 0.3) is 0 Å². The van der Waals surface area contributed by atoms with Crippen LogP contribution in [-0.4, -0.2) is 14.2 Å².